The van der Waals surface area contributed by atoms with Gasteiger partial charge in [-0.3, -0.25) is 14.3 Å². The first-order valence-corrected chi connectivity index (χ1v) is 11.1. The number of allylic oxidation sites excluding steroid dienone is 2. The number of aliphatic hydroxyl groups is 2. The predicted molar refractivity (Wildman–Crippen MR) is 122 cm³/mol. The zero-order valence-electron chi connectivity index (χ0n) is 19.8. The van der Waals surface area contributed by atoms with Gasteiger partial charge in [0.25, 0.3) is 0 Å². The molecule has 0 radical (unpaired) electrons. The normalized spacial score (nSPS) is 23.8. The molecular formula is C23H32N6O4. The maximum absolute atomic E-state index is 12.4. The van der Waals surface area contributed by atoms with Gasteiger partial charge >= 0.3 is 6.09 Å². The highest BCUT2D eigenvalue weighted by molar-refractivity contribution is 5.69. The molecule has 0 aliphatic carbocycles. The number of aryl methyl sites for hydroxylation is 2. The van der Waals surface area contributed by atoms with Crippen LogP contribution in [0.5, 0.6) is 0 Å². The van der Waals surface area contributed by atoms with E-state index in [-0.39, 0.29) is 24.9 Å². The van der Waals surface area contributed by atoms with Crippen LogP contribution in [0.15, 0.2) is 36.7 Å². The van der Waals surface area contributed by atoms with Crippen molar-refractivity contribution in [3.05, 3.63) is 48.1 Å². The summed E-state index contributed by atoms with van der Waals surface area (Å²) in [5.41, 5.74) is 0.811. The van der Waals surface area contributed by atoms with Crippen LogP contribution in [0.2, 0.25) is 0 Å². The molecular weight excluding hydrogens is 424 g/mol. The van der Waals surface area contributed by atoms with E-state index in [1.165, 1.54) is 9.96 Å². The van der Waals surface area contributed by atoms with Gasteiger partial charge < -0.3 is 15.1 Å². The quantitative estimate of drug-likeness (QED) is 0.725. The molecule has 2 aromatic heterocycles. The number of aliphatic hydroxyl groups excluding tert-OH is 1. The molecule has 1 saturated heterocycles. The summed E-state index contributed by atoms with van der Waals surface area (Å²) in [7, 11) is 3.67. The Hall–Kier alpha value is -2.95. The molecule has 2 atom stereocenters. The highest BCUT2D eigenvalue weighted by Gasteiger charge is 2.48. The van der Waals surface area contributed by atoms with Crippen LogP contribution >= 0.6 is 0 Å². The maximum atomic E-state index is 12.4. The van der Waals surface area contributed by atoms with Gasteiger partial charge in [0, 0.05) is 51.4 Å². The van der Waals surface area contributed by atoms with Crippen molar-refractivity contribution in [1.29, 1.82) is 0 Å². The first-order valence-electron chi connectivity index (χ1n) is 11.1. The van der Waals surface area contributed by atoms with E-state index in [9.17, 15) is 15.0 Å². The molecule has 2 aliphatic rings. The van der Waals surface area contributed by atoms with Gasteiger partial charge in [-0.05, 0) is 12.1 Å². The summed E-state index contributed by atoms with van der Waals surface area (Å²) in [5, 5.41) is 33.4. The van der Waals surface area contributed by atoms with Crippen LogP contribution in [0.25, 0.3) is 11.3 Å². The molecule has 0 aromatic carbocycles. The summed E-state index contributed by atoms with van der Waals surface area (Å²) in [5.74, 6) is 0. The Morgan fingerprint density at radius 2 is 2.00 bits per heavy atom. The molecule has 0 unspecified atom stereocenters. The van der Waals surface area contributed by atoms with Gasteiger partial charge in [0.05, 0.1) is 23.5 Å². The molecule has 4 heterocycles. The monoisotopic (exact) mass is 456 g/mol. The fraction of sp³-hybridized carbons (Fsp3) is 0.522. The summed E-state index contributed by atoms with van der Waals surface area (Å²) < 4.78 is 3.46. The molecule has 0 spiro atoms. The van der Waals surface area contributed by atoms with Gasteiger partial charge in [-0.2, -0.15) is 10.2 Å². The molecule has 0 bridgehead atoms. The maximum Gasteiger partial charge on any atom is 0.433 e. The van der Waals surface area contributed by atoms with Crippen molar-refractivity contribution in [2.45, 2.75) is 44.3 Å². The molecule has 10 heteroatoms. The van der Waals surface area contributed by atoms with E-state index in [1.807, 2.05) is 38.5 Å². The Balaban J connectivity index is 1.62. The highest BCUT2D eigenvalue weighted by Crippen LogP contribution is 2.42. The lowest BCUT2D eigenvalue weighted by Gasteiger charge is -2.40. The van der Waals surface area contributed by atoms with Crippen molar-refractivity contribution in [2.75, 3.05) is 19.6 Å². The number of aromatic nitrogens is 4. The smallest absolute Gasteiger partial charge is 0.388 e. The van der Waals surface area contributed by atoms with Crippen LogP contribution in [0.3, 0.4) is 0 Å². The summed E-state index contributed by atoms with van der Waals surface area (Å²) in [6, 6.07) is 1.88. The number of hydrogen-bond acceptors (Lipinski definition) is 7. The minimum Gasteiger partial charge on any atom is -0.388 e. The average Bonchev–Trinajstić information content (AvgIpc) is 3.34. The van der Waals surface area contributed by atoms with Gasteiger partial charge in [0.2, 0.25) is 0 Å². The number of carbonyl (C=O) groups excluding carboxylic acids is 1. The van der Waals surface area contributed by atoms with E-state index in [1.54, 1.807) is 21.6 Å². The number of carbonyl (C=O) groups is 1. The number of hydrogen-bond donors (Lipinski definition) is 2. The zero-order valence-corrected chi connectivity index (χ0v) is 19.8. The summed E-state index contributed by atoms with van der Waals surface area (Å²) >= 11 is 0. The number of β-amino-alcohol motifs (C(OH)–C–C–N with tert-alkyl or cyclic N) is 1. The molecule has 1 amide bonds. The first kappa shape index (κ1) is 23.2. The summed E-state index contributed by atoms with van der Waals surface area (Å²) in [6.07, 6.45) is 7.31. The van der Waals surface area contributed by atoms with E-state index in [0.29, 0.717) is 17.9 Å². The van der Waals surface area contributed by atoms with Crippen molar-refractivity contribution in [3.63, 3.8) is 0 Å². The van der Waals surface area contributed by atoms with Crippen molar-refractivity contribution < 1.29 is 19.8 Å². The Morgan fingerprint density at radius 1 is 1.24 bits per heavy atom. The summed E-state index contributed by atoms with van der Waals surface area (Å²) in [6.45, 7) is 6.86. The minimum absolute atomic E-state index is 0.0429. The Bertz CT molecular complexity index is 1100. The second-order valence-corrected chi connectivity index (χ2v) is 9.68. The van der Waals surface area contributed by atoms with E-state index in [4.69, 9.17) is 4.84 Å². The molecule has 33 heavy (non-hydrogen) atoms. The molecule has 10 nitrogen and oxygen atoms in total. The molecule has 178 valence electrons. The number of piperidine rings is 1. The van der Waals surface area contributed by atoms with Gasteiger partial charge in [-0.15, -0.1) is 5.06 Å². The lowest BCUT2D eigenvalue weighted by Crippen LogP contribution is -2.54. The van der Waals surface area contributed by atoms with E-state index in [0.717, 1.165) is 11.3 Å². The lowest BCUT2D eigenvalue weighted by molar-refractivity contribution is -0.204. The van der Waals surface area contributed by atoms with E-state index in [2.05, 4.69) is 31.0 Å². The Kier molecular flexibility index (Phi) is 5.94. The lowest BCUT2D eigenvalue weighted by atomic mass is 9.80. The average molecular weight is 457 g/mol. The third-order valence-corrected chi connectivity index (χ3v) is 6.06. The first-order chi connectivity index (χ1) is 15.5. The number of amides is 1. The fourth-order valence-corrected chi connectivity index (χ4v) is 4.50. The zero-order chi connectivity index (χ0) is 24.0. The van der Waals surface area contributed by atoms with Crippen molar-refractivity contribution in [1.82, 2.24) is 29.5 Å². The standard InChI is InChI=1S/C23H32N6O4/c1-22(2,3)20-18(16-9-13-26(4)24-16)19(25-27(20)5)23(32)10-14-29(15-17(23)30)33-21(31)28-11-7-6-8-12-28/h6-9,11,13,17,30,32H,10,12,14-15H2,1-5H3/t17-,23+/m1/s1. The van der Waals surface area contributed by atoms with Crippen LogP contribution in [0.4, 0.5) is 4.79 Å². The topological polar surface area (TPSA) is 109 Å². The van der Waals surface area contributed by atoms with Crippen LogP contribution < -0.4 is 0 Å². The predicted octanol–water partition coefficient (Wildman–Crippen LogP) is 1.81. The molecule has 2 aliphatic heterocycles. The molecule has 2 N–H and O–H groups in total. The molecule has 1 fully saturated rings. The Labute approximate surface area is 193 Å². The third kappa shape index (κ3) is 4.33. The van der Waals surface area contributed by atoms with Crippen LogP contribution in [0, 0.1) is 0 Å². The van der Waals surface area contributed by atoms with E-state index < -0.39 is 17.8 Å². The highest BCUT2D eigenvalue weighted by atomic mass is 16.7. The summed E-state index contributed by atoms with van der Waals surface area (Å²) in [4.78, 5) is 19.3. The Morgan fingerprint density at radius 3 is 2.58 bits per heavy atom. The van der Waals surface area contributed by atoms with Crippen LogP contribution in [-0.4, -0.2) is 71.6 Å². The number of rotatable bonds is 3. The SMILES string of the molecule is Cn1ccc(-c2c([C@]3(O)CCN(OC(=O)N4C=CC=CC4)C[C@H]3O)nn(C)c2C(C)(C)C)n1. The van der Waals surface area contributed by atoms with Gasteiger partial charge in [-0.25, -0.2) is 4.79 Å². The molecule has 0 saturated carbocycles. The second kappa shape index (κ2) is 8.44. The van der Waals surface area contributed by atoms with Gasteiger partial charge in [-0.1, -0.05) is 32.9 Å². The second-order valence-electron chi connectivity index (χ2n) is 9.68. The van der Waals surface area contributed by atoms with Crippen molar-refractivity contribution >= 4 is 6.09 Å². The van der Waals surface area contributed by atoms with Gasteiger partial charge in [0.15, 0.2) is 0 Å². The van der Waals surface area contributed by atoms with E-state index >= 15 is 0 Å². The fourth-order valence-electron chi connectivity index (χ4n) is 4.50. The van der Waals surface area contributed by atoms with Crippen LogP contribution in [0.1, 0.15) is 38.6 Å². The molecule has 2 aromatic rings. The number of nitrogens with zero attached hydrogens (tertiary/aromatic N) is 6. The minimum atomic E-state index is -1.62. The molecule has 4 rings (SSSR count). The largest absolute Gasteiger partial charge is 0.433 e. The third-order valence-electron chi connectivity index (χ3n) is 6.06. The van der Waals surface area contributed by atoms with Gasteiger partial charge in [0.1, 0.15) is 17.4 Å². The van der Waals surface area contributed by atoms with Crippen LogP contribution in [-0.2, 0) is 29.9 Å². The van der Waals surface area contributed by atoms with Crippen molar-refractivity contribution in [2.24, 2.45) is 14.1 Å². The van der Waals surface area contributed by atoms with Crippen molar-refractivity contribution in [3.8, 4) is 11.3 Å². The number of hydroxylamine groups is 2.